The van der Waals surface area contributed by atoms with E-state index in [-0.39, 0.29) is 0 Å². The summed E-state index contributed by atoms with van der Waals surface area (Å²) in [5, 5.41) is 10.8. The van der Waals surface area contributed by atoms with Crippen LogP contribution in [0.15, 0.2) is 27.4 Å². The third-order valence-electron chi connectivity index (χ3n) is 2.83. The maximum atomic E-state index is 5.78. The summed E-state index contributed by atoms with van der Waals surface area (Å²) in [5.41, 5.74) is 8.24. The van der Waals surface area contributed by atoms with Crippen LogP contribution in [0.5, 0.6) is 0 Å². The van der Waals surface area contributed by atoms with Crippen LogP contribution in [0, 0.1) is 0 Å². The second-order valence-electron chi connectivity index (χ2n) is 4.09. The molecule has 0 aliphatic rings. The molecule has 0 aliphatic carbocycles. The van der Waals surface area contributed by atoms with Crippen molar-refractivity contribution < 1.29 is 9.05 Å². The molecule has 0 fully saturated rings. The second-order valence-corrected chi connectivity index (χ2v) is 4.09. The Morgan fingerprint density at radius 2 is 2.11 bits per heavy atom. The number of nitrogens with one attached hydrogen (secondary N) is 1. The molecule has 3 rings (SSSR count). The Bertz CT molecular complexity index is 703. The van der Waals surface area contributed by atoms with Gasteiger partial charge in [0, 0.05) is 6.42 Å². The molecule has 0 unspecified atom stereocenters. The van der Waals surface area contributed by atoms with E-state index in [0.717, 1.165) is 17.9 Å². The number of benzene rings is 1. The second kappa shape index (κ2) is 4.60. The van der Waals surface area contributed by atoms with Gasteiger partial charge in [-0.05, 0) is 22.4 Å². The monoisotopic (exact) mass is 259 g/mol. The lowest BCUT2D eigenvalue weighted by atomic mass is 10.2. The summed E-state index contributed by atoms with van der Waals surface area (Å²) in [6.45, 7) is 2.48. The quantitative estimate of drug-likeness (QED) is 0.690. The topological polar surface area (TPSA) is 103 Å². The van der Waals surface area contributed by atoms with Crippen LogP contribution in [-0.4, -0.2) is 15.3 Å². The fourth-order valence-electron chi connectivity index (χ4n) is 1.79. The standard InChI is InChI=1S/C12H13N5O2/c1-2-7-5-15-10(18-7)6-14-9-4-3-8(13)11-12(9)17-19-16-11/h3-5,14H,2,6,13H2,1H3. The smallest absolute Gasteiger partial charge is 0.213 e. The summed E-state index contributed by atoms with van der Waals surface area (Å²) in [6.07, 6.45) is 2.56. The first-order valence-corrected chi connectivity index (χ1v) is 5.96. The highest BCUT2D eigenvalue weighted by Gasteiger charge is 2.10. The number of aromatic nitrogens is 3. The lowest BCUT2D eigenvalue weighted by molar-refractivity contribution is 0.315. The van der Waals surface area contributed by atoms with E-state index in [0.29, 0.717) is 29.2 Å². The molecule has 2 heterocycles. The molecule has 3 N–H and O–H groups in total. The van der Waals surface area contributed by atoms with E-state index in [1.54, 1.807) is 12.3 Å². The zero-order chi connectivity index (χ0) is 13.2. The predicted molar refractivity (Wildman–Crippen MR) is 69.4 cm³/mol. The molecule has 7 nitrogen and oxygen atoms in total. The van der Waals surface area contributed by atoms with E-state index >= 15 is 0 Å². The number of fused-ring (bicyclic) bond motifs is 1. The predicted octanol–water partition coefficient (Wildman–Crippen LogP) is 1.97. The van der Waals surface area contributed by atoms with Crippen molar-refractivity contribution in [1.29, 1.82) is 0 Å². The lowest BCUT2D eigenvalue weighted by Gasteiger charge is -2.04. The van der Waals surface area contributed by atoms with E-state index in [1.165, 1.54) is 0 Å². The highest BCUT2D eigenvalue weighted by atomic mass is 16.6. The highest BCUT2D eigenvalue weighted by Crippen LogP contribution is 2.25. The lowest BCUT2D eigenvalue weighted by Crippen LogP contribution is -2.01. The molecular weight excluding hydrogens is 246 g/mol. The molecule has 7 heteroatoms. The van der Waals surface area contributed by atoms with Crippen LogP contribution in [0.2, 0.25) is 0 Å². The first-order valence-electron chi connectivity index (χ1n) is 5.96. The minimum atomic E-state index is 0.464. The van der Waals surface area contributed by atoms with Crippen molar-refractivity contribution in [3.63, 3.8) is 0 Å². The number of oxazole rings is 1. The van der Waals surface area contributed by atoms with Gasteiger partial charge in [0.25, 0.3) is 0 Å². The van der Waals surface area contributed by atoms with Crippen LogP contribution in [-0.2, 0) is 13.0 Å². The molecular formula is C12H13N5O2. The van der Waals surface area contributed by atoms with E-state index < -0.39 is 0 Å². The summed E-state index contributed by atoms with van der Waals surface area (Å²) in [6, 6.07) is 3.58. The van der Waals surface area contributed by atoms with Gasteiger partial charge >= 0.3 is 0 Å². The van der Waals surface area contributed by atoms with Crippen LogP contribution < -0.4 is 11.1 Å². The maximum Gasteiger partial charge on any atom is 0.213 e. The van der Waals surface area contributed by atoms with Crippen molar-refractivity contribution in [3.05, 3.63) is 30.0 Å². The van der Waals surface area contributed by atoms with Crippen LogP contribution in [0.3, 0.4) is 0 Å². The van der Waals surface area contributed by atoms with Crippen molar-refractivity contribution >= 4 is 22.4 Å². The summed E-state index contributed by atoms with van der Waals surface area (Å²) in [5.74, 6) is 1.49. The number of hydrogen-bond acceptors (Lipinski definition) is 7. The fraction of sp³-hybridized carbons (Fsp3) is 0.250. The molecule has 0 aliphatic heterocycles. The molecule has 0 amide bonds. The largest absolute Gasteiger partial charge is 0.444 e. The molecule has 0 spiro atoms. The van der Waals surface area contributed by atoms with Crippen molar-refractivity contribution in [2.24, 2.45) is 0 Å². The van der Waals surface area contributed by atoms with Gasteiger partial charge in [0.15, 0.2) is 11.0 Å². The summed E-state index contributed by atoms with van der Waals surface area (Å²) < 4.78 is 10.2. The molecule has 0 saturated carbocycles. The van der Waals surface area contributed by atoms with Gasteiger partial charge in [-0.15, -0.1) is 0 Å². The van der Waals surface area contributed by atoms with Crippen molar-refractivity contribution in [2.45, 2.75) is 19.9 Å². The fourth-order valence-corrected chi connectivity index (χ4v) is 1.79. The van der Waals surface area contributed by atoms with E-state index in [1.807, 2.05) is 13.0 Å². The molecule has 0 bridgehead atoms. The number of rotatable bonds is 4. The summed E-state index contributed by atoms with van der Waals surface area (Å²) in [7, 11) is 0. The summed E-state index contributed by atoms with van der Waals surface area (Å²) >= 11 is 0. The van der Waals surface area contributed by atoms with Gasteiger partial charge in [-0.1, -0.05) is 6.92 Å². The van der Waals surface area contributed by atoms with Crippen molar-refractivity contribution in [1.82, 2.24) is 15.3 Å². The third kappa shape index (κ3) is 2.10. The molecule has 0 atom stereocenters. The zero-order valence-electron chi connectivity index (χ0n) is 10.4. The Hall–Kier alpha value is -2.57. The Kier molecular flexibility index (Phi) is 2.79. The van der Waals surface area contributed by atoms with Gasteiger partial charge < -0.3 is 15.5 Å². The van der Waals surface area contributed by atoms with Crippen molar-refractivity contribution in [2.75, 3.05) is 11.1 Å². The minimum absolute atomic E-state index is 0.464. The van der Waals surface area contributed by atoms with Gasteiger partial charge in [-0.2, -0.15) is 0 Å². The Balaban J connectivity index is 1.82. The Labute approximate surface area is 108 Å². The number of hydrogen-bond donors (Lipinski definition) is 2. The normalized spacial score (nSPS) is 11.0. The highest BCUT2D eigenvalue weighted by molar-refractivity contribution is 5.94. The Morgan fingerprint density at radius 3 is 2.89 bits per heavy atom. The first-order chi connectivity index (χ1) is 9.28. The first kappa shape index (κ1) is 11.5. The average Bonchev–Trinajstić information content (AvgIpc) is 3.07. The molecule has 0 radical (unpaired) electrons. The van der Waals surface area contributed by atoms with Gasteiger partial charge in [0.2, 0.25) is 5.89 Å². The van der Waals surface area contributed by atoms with E-state index in [2.05, 4.69) is 20.6 Å². The Morgan fingerprint density at radius 1 is 1.26 bits per heavy atom. The molecule has 3 aromatic rings. The van der Waals surface area contributed by atoms with Crippen molar-refractivity contribution in [3.8, 4) is 0 Å². The molecule has 98 valence electrons. The minimum Gasteiger partial charge on any atom is -0.444 e. The number of aryl methyl sites for hydroxylation is 1. The molecule has 19 heavy (non-hydrogen) atoms. The molecule has 1 aromatic carbocycles. The maximum absolute atomic E-state index is 5.78. The van der Waals surface area contributed by atoms with Crippen LogP contribution >= 0.6 is 0 Å². The average molecular weight is 259 g/mol. The molecule has 2 aromatic heterocycles. The van der Waals surface area contributed by atoms with Crippen LogP contribution in [0.25, 0.3) is 11.0 Å². The number of nitrogens with zero attached hydrogens (tertiary/aromatic N) is 3. The van der Waals surface area contributed by atoms with Gasteiger partial charge in [-0.25, -0.2) is 9.61 Å². The third-order valence-corrected chi connectivity index (χ3v) is 2.83. The number of nitrogens with two attached hydrogens (primary N) is 1. The van der Waals surface area contributed by atoms with E-state index in [4.69, 9.17) is 14.8 Å². The molecule has 0 saturated heterocycles. The van der Waals surface area contributed by atoms with Gasteiger partial charge in [0.05, 0.1) is 24.1 Å². The number of nitrogen functional groups attached to an aromatic ring is 1. The number of anilines is 2. The van der Waals surface area contributed by atoms with Gasteiger partial charge in [-0.3, -0.25) is 0 Å². The SMILES string of the molecule is CCc1cnc(CNc2ccc(N)c3nonc23)o1. The van der Waals surface area contributed by atoms with Crippen LogP contribution in [0.1, 0.15) is 18.6 Å². The van der Waals surface area contributed by atoms with Gasteiger partial charge in [0.1, 0.15) is 5.76 Å². The summed E-state index contributed by atoms with van der Waals surface area (Å²) in [4.78, 5) is 4.17. The van der Waals surface area contributed by atoms with E-state index in [9.17, 15) is 0 Å². The van der Waals surface area contributed by atoms with Crippen LogP contribution in [0.4, 0.5) is 11.4 Å². The zero-order valence-corrected chi connectivity index (χ0v) is 10.4.